The molecule has 1 heterocycles. The molecule has 0 saturated heterocycles. The molecule has 0 atom stereocenters. The SMILES string of the molecule is Cc1sc(=O)n(CCC(=O)Nc2cc(CN)cc(C(F)(F)F)c2)c1C.Cl. The number of nitrogens with one attached hydrogen (secondary N) is 1. The molecule has 1 aromatic heterocycles. The summed E-state index contributed by atoms with van der Waals surface area (Å²) in [4.78, 5) is 24.5. The van der Waals surface area contributed by atoms with E-state index in [1.807, 2.05) is 6.92 Å². The van der Waals surface area contributed by atoms with Gasteiger partial charge in [0.05, 0.1) is 5.56 Å². The number of benzene rings is 1. The van der Waals surface area contributed by atoms with Crippen molar-refractivity contribution in [2.75, 3.05) is 5.32 Å². The van der Waals surface area contributed by atoms with Gasteiger partial charge in [0.25, 0.3) is 0 Å². The number of anilines is 1. The van der Waals surface area contributed by atoms with Crippen LogP contribution in [0.15, 0.2) is 23.0 Å². The molecule has 1 aromatic carbocycles. The van der Waals surface area contributed by atoms with Crippen molar-refractivity contribution < 1.29 is 18.0 Å². The lowest BCUT2D eigenvalue weighted by molar-refractivity contribution is -0.137. The van der Waals surface area contributed by atoms with E-state index in [2.05, 4.69) is 5.32 Å². The molecule has 10 heteroatoms. The predicted molar refractivity (Wildman–Crippen MR) is 97.9 cm³/mol. The highest BCUT2D eigenvalue weighted by molar-refractivity contribution is 7.09. The minimum absolute atomic E-state index is 0. The van der Waals surface area contributed by atoms with Crippen molar-refractivity contribution in [3.8, 4) is 0 Å². The normalized spacial score (nSPS) is 11.2. The second-order valence-electron chi connectivity index (χ2n) is 5.58. The fraction of sp³-hybridized carbons (Fsp3) is 0.375. The largest absolute Gasteiger partial charge is 0.416 e. The lowest BCUT2D eigenvalue weighted by atomic mass is 10.1. The molecule has 0 aliphatic rings. The molecule has 0 fully saturated rings. The number of alkyl halides is 3. The zero-order valence-corrected chi connectivity index (χ0v) is 15.8. The molecule has 0 saturated carbocycles. The quantitative estimate of drug-likeness (QED) is 0.794. The second kappa shape index (κ2) is 8.70. The Morgan fingerprint density at radius 1 is 1.27 bits per heavy atom. The predicted octanol–water partition coefficient (Wildman–Crippen LogP) is 3.45. The number of nitrogens with two attached hydrogens (primary N) is 1. The number of aryl methyl sites for hydroxylation is 1. The Kier molecular flexibility index (Phi) is 7.43. The molecule has 0 radical (unpaired) electrons. The van der Waals surface area contributed by atoms with Crippen molar-refractivity contribution in [2.24, 2.45) is 5.73 Å². The third-order valence-corrected chi connectivity index (χ3v) is 4.77. The van der Waals surface area contributed by atoms with Gasteiger partial charge in [-0.15, -0.1) is 12.4 Å². The van der Waals surface area contributed by atoms with Gasteiger partial charge >= 0.3 is 11.0 Å². The van der Waals surface area contributed by atoms with Crippen LogP contribution in [0.3, 0.4) is 0 Å². The van der Waals surface area contributed by atoms with Gasteiger partial charge in [-0.3, -0.25) is 9.59 Å². The third-order valence-electron chi connectivity index (χ3n) is 3.78. The number of amides is 1. The van der Waals surface area contributed by atoms with Crippen molar-refractivity contribution in [2.45, 2.75) is 39.5 Å². The topological polar surface area (TPSA) is 77.1 Å². The fourth-order valence-corrected chi connectivity index (χ4v) is 3.19. The first-order chi connectivity index (χ1) is 11.6. The van der Waals surface area contributed by atoms with Crippen LogP contribution in [-0.2, 0) is 24.1 Å². The maximum Gasteiger partial charge on any atom is 0.416 e. The van der Waals surface area contributed by atoms with E-state index >= 15 is 0 Å². The summed E-state index contributed by atoms with van der Waals surface area (Å²) in [5, 5.41) is 2.44. The van der Waals surface area contributed by atoms with E-state index < -0.39 is 17.6 Å². The first kappa shape index (κ1) is 22.2. The highest BCUT2D eigenvalue weighted by Gasteiger charge is 2.31. The van der Waals surface area contributed by atoms with Crippen molar-refractivity contribution in [1.82, 2.24) is 4.57 Å². The number of rotatable bonds is 5. The minimum Gasteiger partial charge on any atom is -0.326 e. The molecule has 3 N–H and O–H groups in total. The molecule has 0 unspecified atom stereocenters. The lowest BCUT2D eigenvalue weighted by Crippen LogP contribution is -2.20. The minimum atomic E-state index is -4.52. The summed E-state index contributed by atoms with van der Waals surface area (Å²) in [5.74, 6) is -0.475. The molecule has 26 heavy (non-hydrogen) atoms. The first-order valence-electron chi connectivity index (χ1n) is 7.49. The fourth-order valence-electron chi connectivity index (χ4n) is 2.33. The Balaban J connectivity index is 0.00000338. The summed E-state index contributed by atoms with van der Waals surface area (Å²) in [5.41, 5.74) is 5.63. The van der Waals surface area contributed by atoms with Crippen LogP contribution >= 0.6 is 23.7 Å². The Hall–Kier alpha value is -1.84. The maximum atomic E-state index is 12.9. The molecule has 0 aliphatic heterocycles. The molecule has 144 valence electrons. The molecule has 5 nitrogen and oxygen atoms in total. The first-order valence-corrected chi connectivity index (χ1v) is 8.31. The van der Waals surface area contributed by atoms with Crippen LogP contribution in [0.25, 0.3) is 0 Å². The maximum absolute atomic E-state index is 12.9. The van der Waals surface area contributed by atoms with E-state index in [1.165, 1.54) is 10.6 Å². The van der Waals surface area contributed by atoms with Gasteiger partial charge in [0.1, 0.15) is 0 Å². The number of hydrogen-bond donors (Lipinski definition) is 2. The van der Waals surface area contributed by atoms with Gasteiger partial charge in [-0.1, -0.05) is 11.3 Å². The highest BCUT2D eigenvalue weighted by atomic mass is 35.5. The van der Waals surface area contributed by atoms with Gasteiger partial charge in [0, 0.05) is 35.8 Å². The number of hydrogen-bond acceptors (Lipinski definition) is 4. The van der Waals surface area contributed by atoms with E-state index in [9.17, 15) is 22.8 Å². The molecule has 2 rings (SSSR count). The molecule has 0 spiro atoms. The third kappa shape index (κ3) is 5.33. The number of aromatic nitrogens is 1. The van der Waals surface area contributed by atoms with E-state index in [0.29, 0.717) is 0 Å². The number of carbonyl (C=O) groups excluding carboxylic acids is 1. The lowest BCUT2D eigenvalue weighted by Gasteiger charge is -2.13. The van der Waals surface area contributed by atoms with Gasteiger partial charge in [0.2, 0.25) is 5.91 Å². The van der Waals surface area contributed by atoms with Crippen LogP contribution in [0.1, 0.15) is 28.1 Å². The van der Waals surface area contributed by atoms with Crippen molar-refractivity contribution in [1.29, 1.82) is 0 Å². The summed E-state index contributed by atoms with van der Waals surface area (Å²) in [6.07, 6.45) is -4.55. The van der Waals surface area contributed by atoms with Gasteiger partial charge in [0.15, 0.2) is 0 Å². The van der Waals surface area contributed by atoms with Gasteiger partial charge in [-0.05, 0) is 37.6 Å². The van der Waals surface area contributed by atoms with E-state index in [4.69, 9.17) is 5.73 Å². The number of thiazole rings is 1. The monoisotopic (exact) mass is 409 g/mol. The molecular formula is C16H19ClF3N3O2S. The molecule has 1 amide bonds. The Morgan fingerprint density at radius 3 is 2.42 bits per heavy atom. The van der Waals surface area contributed by atoms with Crippen molar-refractivity contribution >= 4 is 35.3 Å². The summed E-state index contributed by atoms with van der Waals surface area (Å²) in [7, 11) is 0. The summed E-state index contributed by atoms with van der Waals surface area (Å²) >= 11 is 1.10. The van der Waals surface area contributed by atoms with Crippen molar-refractivity contribution in [3.63, 3.8) is 0 Å². The second-order valence-corrected chi connectivity index (χ2v) is 6.75. The zero-order valence-electron chi connectivity index (χ0n) is 14.1. The van der Waals surface area contributed by atoms with Crippen LogP contribution in [0.5, 0.6) is 0 Å². The number of carbonyl (C=O) groups is 1. The summed E-state index contributed by atoms with van der Waals surface area (Å²) in [6, 6.07) is 3.22. The molecule has 2 aromatic rings. The zero-order chi connectivity index (χ0) is 18.8. The van der Waals surface area contributed by atoms with Gasteiger partial charge in [-0.2, -0.15) is 13.2 Å². The number of nitrogens with zero attached hydrogens (tertiary/aromatic N) is 1. The van der Waals surface area contributed by atoms with E-state index in [0.717, 1.165) is 34.0 Å². The van der Waals surface area contributed by atoms with E-state index in [1.54, 1.807) is 6.92 Å². The van der Waals surface area contributed by atoms with Crippen LogP contribution in [0, 0.1) is 13.8 Å². The van der Waals surface area contributed by atoms with Crippen molar-refractivity contribution in [3.05, 3.63) is 49.6 Å². The van der Waals surface area contributed by atoms with Crippen LogP contribution in [0.2, 0.25) is 0 Å². The average Bonchev–Trinajstić information content (AvgIpc) is 2.76. The number of halogens is 4. The van der Waals surface area contributed by atoms with E-state index in [-0.39, 0.29) is 48.0 Å². The molecule has 0 bridgehead atoms. The summed E-state index contributed by atoms with van der Waals surface area (Å²) < 4.78 is 40.2. The van der Waals surface area contributed by atoms with Gasteiger partial charge < -0.3 is 15.6 Å². The Labute approximate surface area is 158 Å². The van der Waals surface area contributed by atoms with Crippen LogP contribution < -0.4 is 15.9 Å². The molecular weight excluding hydrogens is 391 g/mol. The van der Waals surface area contributed by atoms with Gasteiger partial charge in [-0.25, -0.2) is 0 Å². The summed E-state index contributed by atoms with van der Waals surface area (Å²) in [6.45, 7) is 3.69. The van der Waals surface area contributed by atoms with Crippen LogP contribution in [0.4, 0.5) is 18.9 Å². The Morgan fingerprint density at radius 2 is 1.92 bits per heavy atom. The molecule has 0 aliphatic carbocycles. The smallest absolute Gasteiger partial charge is 0.326 e. The standard InChI is InChI=1S/C16H18F3N3O2S.ClH/c1-9-10(2)25-15(24)22(9)4-3-14(23)21-13-6-11(8-20)5-12(7-13)16(17,18)19;/h5-7H,3-4,8,20H2,1-2H3,(H,21,23);1H. The van der Waals surface area contributed by atoms with Crippen LogP contribution in [-0.4, -0.2) is 10.5 Å². The average molecular weight is 410 g/mol. The Bertz CT molecular complexity index is 846. The highest BCUT2D eigenvalue weighted by Crippen LogP contribution is 2.32.